The Morgan fingerprint density at radius 1 is 1.25 bits per heavy atom. The number of nitrogens with zero attached hydrogens (tertiary/aromatic N) is 3. The zero-order chi connectivity index (χ0) is 19.4. The summed E-state index contributed by atoms with van der Waals surface area (Å²) in [7, 11) is 3.48. The Morgan fingerprint density at radius 3 is 2.82 bits per heavy atom. The lowest BCUT2D eigenvalue weighted by molar-refractivity contribution is -0.128. The standard InChI is InChI=1S/C21H22N4O3/c1-24-10-15(13-8-9-22-17(13)20(24)26)14-6-7-16-18(23-21(27)25(16)2)19(14)28-11-12-4-3-5-12/h6-10,12,17H,3-5,11H2,1-2H3,(H,23,27). The van der Waals surface area contributed by atoms with Gasteiger partial charge < -0.3 is 14.6 Å². The van der Waals surface area contributed by atoms with Crippen LogP contribution in [0.15, 0.2) is 39.8 Å². The second-order valence-electron chi connectivity index (χ2n) is 7.75. The van der Waals surface area contributed by atoms with Crippen LogP contribution in [0, 0.1) is 5.92 Å². The third-order valence-corrected chi connectivity index (χ3v) is 6.01. The molecule has 5 rings (SSSR count). The first-order valence-corrected chi connectivity index (χ1v) is 9.61. The summed E-state index contributed by atoms with van der Waals surface area (Å²) in [6.07, 6.45) is 9.00. The van der Waals surface area contributed by atoms with Gasteiger partial charge in [0.1, 0.15) is 5.52 Å². The fourth-order valence-corrected chi connectivity index (χ4v) is 4.06. The minimum atomic E-state index is -0.505. The maximum Gasteiger partial charge on any atom is 0.326 e. The molecule has 1 saturated carbocycles. The van der Waals surface area contributed by atoms with Crippen molar-refractivity contribution in [2.75, 3.05) is 13.7 Å². The van der Waals surface area contributed by atoms with Crippen molar-refractivity contribution >= 4 is 28.7 Å². The molecular formula is C21H22N4O3. The van der Waals surface area contributed by atoms with Gasteiger partial charge >= 0.3 is 5.69 Å². The van der Waals surface area contributed by atoms with Gasteiger partial charge in [0, 0.05) is 37.6 Å². The molecule has 7 heteroatoms. The SMILES string of the molecule is CN1C=C(c2ccc3c([nH]c(=O)n3C)c2OCC2CCC2)C2=CC=NC2C1=O. The summed E-state index contributed by atoms with van der Waals surface area (Å²) in [6, 6.07) is 3.38. The molecule has 1 unspecified atom stereocenters. The highest BCUT2D eigenvalue weighted by Crippen LogP contribution is 2.41. The zero-order valence-corrected chi connectivity index (χ0v) is 15.9. The van der Waals surface area contributed by atoms with E-state index >= 15 is 0 Å². The number of aromatic amines is 1. The maximum absolute atomic E-state index is 12.4. The van der Waals surface area contributed by atoms with E-state index in [1.54, 1.807) is 29.8 Å². The number of carbonyl (C=O) groups excluding carboxylic acids is 1. The smallest absolute Gasteiger partial charge is 0.326 e. The first-order valence-electron chi connectivity index (χ1n) is 9.61. The topological polar surface area (TPSA) is 79.7 Å². The molecule has 1 aromatic carbocycles. The maximum atomic E-state index is 12.4. The monoisotopic (exact) mass is 378 g/mol. The number of hydrogen-bond acceptors (Lipinski definition) is 4. The summed E-state index contributed by atoms with van der Waals surface area (Å²) in [5.74, 6) is 1.18. The van der Waals surface area contributed by atoms with E-state index < -0.39 is 6.04 Å². The van der Waals surface area contributed by atoms with E-state index in [1.165, 1.54) is 19.3 Å². The first kappa shape index (κ1) is 17.0. The van der Waals surface area contributed by atoms with Crippen molar-refractivity contribution < 1.29 is 9.53 Å². The van der Waals surface area contributed by atoms with Crippen molar-refractivity contribution in [1.29, 1.82) is 0 Å². The number of carbonyl (C=O) groups is 1. The Bertz CT molecular complexity index is 1130. The van der Waals surface area contributed by atoms with Gasteiger partial charge in [-0.3, -0.25) is 14.4 Å². The van der Waals surface area contributed by atoms with E-state index in [1.807, 2.05) is 24.4 Å². The highest BCUT2D eigenvalue weighted by Gasteiger charge is 2.35. The van der Waals surface area contributed by atoms with Gasteiger partial charge in [-0.25, -0.2) is 4.79 Å². The Morgan fingerprint density at radius 2 is 2.07 bits per heavy atom. The summed E-state index contributed by atoms with van der Waals surface area (Å²) in [5, 5.41) is 0. The van der Waals surface area contributed by atoms with Crippen molar-refractivity contribution in [3.05, 3.63) is 46.0 Å². The Labute approximate surface area is 162 Å². The molecule has 3 heterocycles. The quantitative estimate of drug-likeness (QED) is 0.886. The van der Waals surface area contributed by atoms with Gasteiger partial charge in [-0.05, 0) is 42.5 Å². The number of hydrogen-bond donors (Lipinski definition) is 1. The third-order valence-electron chi connectivity index (χ3n) is 6.01. The number of aromatic nitrogens is 2. The average molecular weight is 378 g/mol. The number of likely N-dealkylation sites (N-methyl/N-ethyl adjacent to an activating group) is 1. The Kier molecular flexibility index (Phi) is 3.79. The van der Waals surface area contributed by atoms with E-state index in [2.05, 4.69) is 9.98 Å². The number of benzene rings is 1. The van der Waals surface area contributed by atoms with Crippen LogP contribution in [0.1, 0.15) is 24.8 Å². The number of ether oxygens (including phenoxy) is 1. The molecule has 7 nitrogen and oxygen atoms in total. The van der Waals surface area contributed by atoms with Crippen LogP contribution in [0.4, 0.5) is 0 Å². The molecule has 0 radical (unpaired) electrons. The van der Waals surface area contributed by atoms with Crippen LogP contribution in [-0.2, 0) is 11.8 Å². The molecule has 1 aliphatic carbocycles. The van der Waals surface area contributed by atoms with Gasteiger partial charge in [0.2, 0.25) is 0 Å². The molecule has 0 bridgehead atoms. The second kappa shape index (κ2) is 6.22. The molecule has 0 saturated heterocycles. The fraction of sp³-hybridized carbons (Fsp3) is 0.381. The Balaban J connectivity index is 1.67. The lowest BCUT2D eigenvalue weighted by atomic mass is 9.86. The van der Waals surface area contributed by atoms with Crippen LogP contribution >= 0.6 is 0 Å². The molecule has 1 aromatic heterocycles. The molecule has 28 heavy (non-hydrogen) atoms. The van der Waals surface area contributed by atoms with Crippen molar-refractivity contribution in [2.24, 2.45) is 18.0 Å². The molecule has 1 fully saturated rings. The molecular weight excluding hydrogens is 356 g/mol. The van der Waals surface area contributed by atoms with Crippen LogP contribution < -0.4 is 10.4 Å². The number of amides is 1. The van der Waals surface area contributed by atoms with Gasteiger partial charge in [-0.15, -0.1) is 0 Å². The number of aryl methyl sites for hydroxylation is 1. The minimum absolute atomic E-state index is 0.0464. The number of imidazole rings is 1. The lowest BCUT2D eigenvalue weighted by Gasteiger charge is -2.29. The lowest BCUT2D eigenvalue weighted by Crippen LogP contribution is -2.36. The normalized spacial score (nSPS) is 21.6. The van der Waals surface area contributed by atoms with Crippen molar-refractivity contribution in [2.45, 2.75) is 25.3 Å². The number of H-pyrrole nitrogens is 1. The molecule has 1 N–H and O–H groups in total. The molecule has 2 aromatic rings. The van der Waals surface area contributed by atoms with Crippen LogP contribution in [-0.4, -0.2) is 46.3 Å². The highest BCUT2D eigenvalue weighted by atomic mass is 16.5. The average Bonchev–Trinajstić information content (AvgIpc) is 3.23. The number of allylic oxidation sites excluding steroid dienone is 1. The first-order chi connectivity index (χ1) is 13.5. The van der Waals surface area contributed by atoms with Crippen LogP contribution in [0.2, 0.25) is 0 Å². The van der Waals surface area contributed by atoms with Crippen LogP contribution in [0.3, 0.4) is 0 Å². The Hall–Kier alpha value is -3.09. The van der Waals surface area contributed by atoms with Crippen LogP contribution in [0.5, 0.6) is 5.75 Å². The van der Waals surface area contributed by atoms with E-state index in [9.17, 15) is 9.59 Å². The summed E-state index contributed by atoms with van der Waals surface area (Å²) in [5.41, 5.74) is 3.96. The fourth-order valence-electron chi connectivity index (χ4n) is 4.06. The zero-order valence-electron chi connectivity index (χ0n) is 15.9. The highest BCUT2D eigenvalue weighted by molar-refractivity contribution is 6.05. The van der Waals surface area contributed by atoms with E-state index in [4.69, 9.17) is 4.74 Å². The number of nitrogens with one attached hydrogen (secondary N) is 1. The number of fused-ring (bicyclic) bond motifs is 2. The molecule has 2 aliphatic heterocycles. The number of rotatable bonds is 4. The summed E-state index contributed by atoms with van der Waals surface area (Å²) in [6.45, 7) is 0.629. The predicted octanol–water partition coefficient (Wildman–Crippen LogP) is 2.24. The van der Waals surface area contributed by atoms with Crippen molar-refractivity contribution in [3.8, 4) is 5.75 Å². The van der Waals surface area contributed by atoms with E-state index in [0.29, 0.717) is 23.8 Å². The van der Waals surface area contributed by atoms with Gasteiger partial charge in [-0.2, -0.15) is 0 Å². The van der Waals surface area contributed by atoms with Gasteiger partial charge in [0.05, 0.1) is 12.1 Å². The van der Waals surface area contributed by atoms with Gasteiger partial charge in [0.15, 0.2) is 11.8 Å². The number of aliphatic imine (C=N–C) groups is 1. The second-order valence-corrected chi connectivity index (χ2v) is 7.75. The van der Waals surface area contributed by atoms with Gasteiger partial charge in [-0.1, -0.05) is 6.42 Å². The van der Waals surface area contributed by atoms with Crippen molar-refractivity contribution in [3.63, 3.8) is 0 Å². The third kappa shape index (κ3) is 2.46. The van der Waals surface area contributed by atoms with Gasteiger partial charge in [0.25, 0.3) is 5.91 Å². The molecule has 144 valence electrons. The molecule has 1 atom stereocenters. The van der Waals surface area contributed by atoms with E-state index in [0.717, 1.165) is 22.2 Å². The molecule has 1 amide bonds. The summed E-state index contributed by atoms with van der Waals surface area (Å²) >= 11 is 0. The molecule has 3 aliphatic rings. The minimum Gasteiger partial charge on any atom is -0.490 e. The molecule has 0 spiro atoms. The van der Waals surface area contributed by atoms with E-state index in [-0.39, 0.29) is 11.6 Å². The predicted molar refractivity (Wildman–Crippen MR) is 107 cm³/mol. The van der Waals surface area contributed by atoms with Crippen molar-refractivity contribution in [1.82, 2.24) is 14.5 Å². The van der Waals surface area contributed by atoms with Crippen LogP contribution in [0.25, 0.3) is 16.6 Å². The summed E-state index contributed by atoms with van der Waals surface area (Å²) in [4.78, 5) is 33.5. The largest absolute Gasteiger partial charge is 0.490 e. The summed E-state index contributed by atoms with van der Waals surface area (Å²) < 4.78 is 7.87.